The van der Waals surface area contributed by atoms with Gasteiger partial charge in [-0.15, -0.1) is 0 Å². The monoisotopic (exact) mass is 328 g/mol. The van der Waals surface area contributed by atoms with Crippen molar-refractivity contribution in [3.8, 4) is 0 Å². The average Bonchev–Trinajstić information content (AvgIpc) is 2.53. The second-order valence-corrected chi connectivity index (χ2v) is 6.24. The van der Waals surface area contributed by atoms with Crippen molar-refractivity contribution in [2.24, 2.45) is 11.8 Å². The lowest BCUT2D eigenvalue weighted by Gasteiger charge is -2.21. The number of carbonyl (C=O) groups is 1. The van der Waals surface area contributed by atoms with Crippen molar-refractivity contribution < 1.29 is 14.3 Å². The van der Waals surface area contributed by atoms with Gasteiger partial charge < -0.3 is 5.11 Å². The first-order chi connectivity index (χ1) is 9.06. The Balaban J connectivity index is 2.15. The van der Waals surface area contributed by atoms with Gasteiger partial charge in [0.2, 0.25) is 0 Å². The van der Waals surface area contributed by atoms with E-state index in [-0.39, 0.29) is 17.7 Å². The summed E-state index contributed by atoms with van der Waals surface area (Å²) in [6.07, 6.45) is 5.48. The SMILES string of the molecule is O=C(O)C1CCCCCC1Cc1cc(F)cc(Br)c1. The fraction of sp³-hybridized carbons (Fsp3) is 0.533. The number of rotatable bonds is 3. The van der Waals surface area contributed by atoms with Crippen LogP contribution >= 0.6 is 15.9 Å². The second-order valence-electron chi connectivity index (χ2n) is 5.32. The van der Waals surface area contributed by atoms with Crippen LogP contribution in [-0.2, 0) is 11.2 Å². The Morgan fingerprint density at radius 2 is 2.00 bits per heavy atom. The van der Waals surface area contributed by atoms with Crippen molar-refractivity contribution in [1.82, 2.24) is 0 Å². The zero-order chi connectivity index (χ0) is 13.8. The minimum atomic E-state index is -0.706. The van der Waals surface area contributed by atoms with Gasteiger partial charge in [0.1, 0.15) is 5.82 Å². The van der Waals surface area contributed by atoms with E-state index in [0.717, 1.165) is 37.7 Å². The van der Waals surface area contributed by atoms with Crippen molar-refractivity contribution in [3.05, 3.63) is 34.1 Å². The van der Waals surface area contributed by atoms with Crippen LogP contribution in [0.25, 0.3) is 0 Å². The van der Waals surface area contributed by atoms with Crippen LogP contribution in [0.2, 0.25) is 0 Å². The largest absolute Gasteiger partial charge is 0.481 e. The number of carboxylic acid groups (broad SMARTS) is 1. The molecule has 104 valence electrons. The van der Waals surface area contributed by atoms with Gasteiger partial charge in [0.25, 0.3) is 0 Å². The van der Waals surface area contributed by atoms with Crippen molar-refractivity contribution in [2.75, 3.05) is 0 Å². The van der Waals surface area contributed by atoms with Gasteiger partial charge in [-0.2, -0.15) is 0 Å². The van der Waals surface area contributed by atoms with E-state index in [4.69, 9.17) is 0 Å². The molecule has 1 fully saturated rings. The Hall–Kier alpha value is -0.900. The first-order valence-corrected chi connectivity index (χ1v) is 7.53. The first kappa shape index (κ1) is 14.5. The molecular weight excluding hydrogens is 311 g/mol. The lowest BCUT2D eigenvalue weighted by atomic mass is 9.83. The van der Waals surface area contributed by atoms with E-state index >= 15 is 0 Å². The van der Waals surface area contributed by atoms with E-state index in [2.05, 4.69) is 15.9 Å². The zero-order valence-electron chi connectivity index (χ0n) is 10.7. The third-order valence-corrected chi connectivity index (χ3v) is 4.35. The summed E-state index contributed by atoms with van der Waals surface area (Å²) in [6, 6.07) is 4.81. The highest BCUT2D eigenvalue weighted by Gasteiger charge is 2.29. The van der Waals surface area contributed by atoms with Gasteiger partial charge in [-0.25, -0.2) is 4.39 Å². The fourth-order valence-electron chi connectivity index (χ4n) is 2.99. The molecule has 1 N–H and O–H groups in total. The maximum absolute atomic E-state index is 13.4. The molecule has 19 heavy (non-hydrogen) atoms. The van der Waals surface area contributed by atoms with Crippen molar-refractivity contribution in [1.29, 1.82) is 0 Å². The van der Waals surface area contributed by atoms with Gasteiger partial charge in [-0.3, -0.25) is 4.79 Å². The molecule has 0 radical (unpaired) electrons. The smallest absolute Gasteiger partial charge is 0.306 e. The third kappa shape index (κ3) is 4.03. The standard InChI is InChI=1S/C15H18BrFO2/c16-12-7-10(8-13(17)9-12)6-11-4-2-1-3-5-14(11)15(18)19/h7-9,11,14H,1-6H2,(H,18,19). The molecule has 1 aliphatic rings. The summed E-state index contributed by atoms with van der Waals surface area (Å²) < 4.78 is 14.1. The van der Waals surface area contributed by atoms with Gasteiger partial charge >= 0.3 is 5.97 Å². The van der Waals surface area contributed by atoms with Gasteiger partial charge in [0, 0.05) is 4.47 Å². The average molecular weight is 329 g/mol. The topological polar surface area (TPSA) is 37.3 Å². The summed E-state index contributed by atoms with van der Waals surface area (Å²) in [4.78, 5) is 11.4. The Morgan fingerprint density at radius 1 is 1.26 bits per heavy atom. The van der Waals surface area contributed by atoms with E-state index in [9.17, 15) is 14.3 Å². The van der Waals surface area contributed by atoms with Crippen LogP contribution in [-0.4, -0.2) is 11.1 Å². The van der Waals surface area contributed by atoms with Crippen LogP contribution in [0.5, 0.6) is 0 Å². The highest BCUT2D eigenvalue weighted by molar-refractivity contribution is 9.10. The Labute approximate surface area is 121 Å². The maximum atomic E-state index is 13.4. The molecule has 0 aliphatic heterocycles. The Bertz CT molecular complexity index is 441. The van der Waals surface area contributed by atoms with Crippen LogP contribution in [0, 0.1) is 17.7 Å². The molecule has 0 aromatic heterocycles. The number of hydrogen-bond acceptors (Lipinski definition) is 1. The second kappa shape index (κ2) is 6.51. The molecule has 2 atom stereocenters. The van der Waals surface area contributed by atoms with E-state index in [1.807, 2.05) is 6.07 Å². The summed E-state index contributed by atoms with van der Waals surface area (Å²) in [7, 11) is 0. The summed E-state index contributed by atoms with van der Waals surface area (Å²) in [6.45, 7) is 0. The minimum absolute atomic E-state index is 0.119. The molecule has 1 aromatic rings. The number of halogens is 2. The van der Waals surface area contributed by atoms with Crippen LogP contribution in [0.1, 0.15) is 37.7 Å². The molecule has 0 bridgehead atoms. The number of hydrogen-bond donors (Lipinski definition) is 1. The van der Waals surface area contributed by atoms with Crippen molar-refractivity contribution in [2.45, 2.75) is 38.5 Å². The van der Waals surface area contributed by atoms with E-state index in [1.54, 1.807) is 0 Å². The van der Waals surface area contributed by atoms with E-state index in [0.29, 0.717) is 10.9 Å². The normalized spacial score (nSPS) is 23.9. The van der Waals surface area contributed by atoms with Crippen LogP contribution in [0.15, 0.2) is 22.7 Å². The van der Waals surface area contributed by atoms with Crippen LogP contribution in [0.4, 0.5) is 4.39 Å². The van der Waals surface area contributed by atoms with Crippen LogP contribution < -0.4 is 0 Å². The number of benzene rings is 1. The van der Waals surface area contributed by atoms with Gasteiger partial charge in [-0.1, -0.05) is 35.2 Å². The highest BCUT2D eigenvalue weighted by atomic mass is 79.9. The number of carboxylic acids is 1. The molecule has 0 amide bonds. The molecule has 2 nitrogen and oxygen atoms in total. The van der Waals surface area contributed by atoms with Crippen molar-refractivity contribution in [3.63, 3.8) is 0 Å². The molecule has 0 saturated heterocycles. The molecule has 4 heteroatoms. The lowest BCUT2D eigenvalue weighted by Crippen LogP contribution is -2.24. The minimum Gasteiger partial charge on any atom is -0.481 e. The van der Waals surface area contributed by atoms with Gasteiger partial charge in [0.05, 0.1) is 5.92 Å². The fourth-order valence-corrected chi connectivity index (χ4v) is 3.50. The third-order valence-electron chi connectivity index (χ3n) is 3.90. The molecule has 0 spiro atoms. The Kier molecular flexibility index (Phi) is 4.97. The van der Waals surface area contributed by atoms with Crippen LogP contribution in [0.3, 0.4) is 0 Å². The summed E-state index contributed by atoms with van der Waals surface area (Å²) in [5.41, 5.74) is 0.880. The first-order valence-electron chi connectivity index (χ1n) is 6.74. The lowest BCUT2D eigenvalue weighted by molar-refractivity contribution is -0.143. The van der Waals surface area contributed by atoms with Gasteiger partial charge in [-0.05, 0) is 48.9 Å². The summed E-state index contributed by atoms with van der Waals surface area (Å²) in [5.74, 6) is -1.15. The van der Waals surface area contributed by atoms with E-state index < -0.39 is 5.97 Å². The summed E-state index contributed by atoms with van der Waals surface area (Å²) >= 11 is 3.28. The predicted octanol–water partition coefficient (Wildman–Crippen LogP) is 4.41. The molecule has 2 rings (SSSR count). The highest BCUT2D eigenvalue weighted by Crippen LogP contribution is 2.32. The maximum Gasteiger partial charge on any atom is 0.306 e. The molecule has 1 saturated carbocycles. The van der Waals surface area contributed by atoms with Gasteiger partial charge in [0.15, 0.2) is 0 Å². The zero-order valence-corrected chi connectivity index (χ0v) is 12.3. The quantitative estimate of drug-likeness (QED) is 0.834. The number of aliphatic carboxylic acids is 1. The molecule has 1 aromatic carbocycles. The predicted molar refractivity (Wildman–Crippen MR) is 75.5 cm³/mol. The molecule has 2 unspecified atom stereocenters. The van der Waals surface area contributed by atoms with Crippen molar-refractivity contribution >= 4 is 21.9 Å². The molecule has 1 aliphatic carbocycles. The Morgan fingerprint density at radius 3 is 2.68 bits per heavy atom. The molecular formula is C15H18BrFO2. The summed E-state index contributed by atoms with van der Waals surface area (Å²) in [5, 5.41) is 9.34. The van der Waals surface area contributed by atoms with E-state index in [1.165, 1.54) is 12.1 Å². The molecule has 0 heterocycles.